The molecule has 360 valence electrons. The van der Waals surface area contributed by atoms with E-state index in [-0.39, 0.29) is 60.8 Å². The number of esters is 2. The number of carbonyl (C=O) groups is 4. The number of halogens is 2. The highest BCUT2D eigenvalue weighted by Crippen LogP contribution is 2.66. The molecule has 6 fully saturated rings. The zero-order valence-electron chi connectivity index (χ0n) is 38.9. The van der Waals surface area contributed by atoms with Crippen molar-refractivity contribution in [2.24, 2.45) is 11.8 Å². The topological polar surface area (TPSA) is 152 Å². The first-order valence-electron chi connectivity index (χ1n) is 25.1. The minimum absolute atomic E-state index is 0.0274. The van der Waals surface area contributed by atoms with Crippen molar-refractivity contribution in [1.29, 1.82) is 0 Å². The second-order valence-corrected chi connectivity index (χ2v) is 22.7. The van der Waals surface area contributed by atoms with Crippen LogP contribution in [-0.2, 0) is 49.3 Å². The quantitative estimate of drug-likeness (QED) is 0.120. The van der Waals surface area contributed by atoms with Gasteiger partial charge in [0.25, 0.3) is 0 Å². The molecule has 13 rings (SSSR count). The van der Waals surface area contributed by atoms with Crippen molar-refractivity contribution in [2.75, 3.05) is 26.2 Å². The van der Waals surface area contributed by atoms with Crippen molar-refractivity contribution in [3.05, 3.63) is 92.0 Å². The number of ketones is 2. The minimum atomic E-state index is -1.21. The lowest BCUT2D eigenvalue weighted by Crippen LogP contribution is -2.76. The highest BCUT2D eigenvalue weighted by atomic mass is 35.5. The Kier molecular flexibility index (Phi) is 9.95. The number of fused-ring (bicyclic) bond motifs is 2. The number of aryl methyl sites for hydroxylation is 1. The molecule has 2 spiro atoms. The summed E-state index contributed by atoms with van der Waals surface area (Å²) in [5.41, 5.74) is 0.318. The van der Waals surface area contributed by atoms with Crippen LogP contribution < -0.4 is 18.9 Å². The molecule has 9 aliphatic rings. The Labute approximate surface area is 410 Å². The molecule has 2 saturated heterocycles. The second kappa shape index (κ2) is 15.5. The number of piperidine rings is 2. The summed E-state index contributed by atoms with van der Waals surface area (Å²) in [6.45, 7) is 7.44. The van der Waals surface area contributed by atoms with E-state index in [1.54, 1.807) is 36.4 Å². The van der Waals surface area contributed by atoms with Crippen LogP contribution in [0.3, 0.4) is 0 Å². The Morgan fingerprint density at radius 1 is 0.681 bits per heavy atom. The molecule has 4 saturated carbocycles. The summed E-state index contributed by atoms with van der Waals surface area (Å²) >= 11 is 14.0. The first kappa shape index (κ1) is 44.4. The number of Topliss-reactive ketones (excluding diaryl/α,β-unsaturated/α-hetero) is 2. The van der Waals surface area contributed by atoms with Gasteiger partial charge in [0.15, 0.2) is 46.8 Å². The molecular weight excluding hydrogens is 920 g/mol. The number of ether oxygens (including phenoxy) is 4. The van der Waals surface area contributed by atoms with E-state index in [1.165, 1.54) is 25.7 Å². The van der Waals surface area contributed by atoms with Crippen LogP contribution in [0.15, 0.2) is 48.5 Å². The number of rotatable bonds is 10. The summed E-state index contributed by atoms with van der Waals surface area (Å²) < 4.78 is 25.1. The van der Waals surface area contributed by atoms with Gasteiger partial charge >= 0.3 is 11.9 Å². The van der Waals surface area contributed by atoms with Gasteiger partial charge in [-0.25, -0.2) is 0 Å². The zero-order chi connectivity index (χ0) is 47.5. The Balaban J connectivity index is 0.727. The second-order valence-electron chi connectivity index (χ2n) is 22.0. The maximum Gasteiger partial charge on any atom is 0.315 e. The smallest absolute Gasteiger partial charge is 0.315 e. The van der Waals surface area contributed by atoms with E-state index in [0.717, 1.165) is 48.4 Å². The largest absolute Gasteiger partial charge is 0.477 e. The van der Waals surface area contributed by atoms with Crippen molar-refractivity contribution in [3.8, 4) is 23.0 Å². The maximum absolute atomic E-state index is 13.8. The molecule has 0 amide bonds. The van der Waals surface area contributed by atoms with Gasteiger partial charge < -0.3 is 29.2 Å². The van der Waals surface area contributed by atoms with Gasteiger partial charge in [-0.05, 0) is 131 Å². The SMILES string of the molecule is Cc1ccc(OC(=O)Cc2ccc3c(Cl)c(CC(=O)Oc4ccc5c6c4O[C@H]4C(=O)CC[C@@]7(O)[C@@H](C5)N(CC5CC5)CC[C@]647)ccc3c2Cl)c2c1[C@]13CCN(CC4CC4)[C@H](C)[C@]1(O)CCC(=O)[C@@H]3O2. The Bertz CT molecular complexity index is 2950. The molecular formula is C55H56Cl2N2O10. The Morgan fingerprint density at radius 2 is 1.19 bits per heavy atom. The van der Waals surface area contributed by atoms with E-state index in [9.17, 15) is 29.4 Å². The van der Waals surface area contributed by atoms with E-state index in [4.69, 9.17) is 42.1 Å². The molecule has 4 aromatic carbocycles. The van der Waals surface area contributed by atoms with Crippen molar-refractivity contribution < 1.29 is 48.3 Å². The standard InChI is InChI=1S/C55H56Cl2N2O10/c1-28-3-13-39(48-44(28)52-19-21-58(26-30-4-5-30)29(2)54(52,64)17-15-37(60)50(52)68-48)66-42(62)24-33-8-11-36-35(46(33)56)12-9-34(47(36)57)25-43(63)67-40-14-10-32-23-41-55(65)18-16-38(61)51-53(55,45(32)49(40)69-51)20-22-59(41)27-31-6-7-31/h3,8-14,29-31,41,50-51,64-65H,4-7,15-27H2,1-2H3/t29-,41-,50+,51+,52+,53+,54-,55-/m1/s1. The van der Waals surface area contributed by atoms with Crippen LogP contribution in [0.1, 0.15) is 105 Å². The number of hydrogen-bond acceptors (Lipinski definition) is 12. The first-order chi connectivity index (χ1) is 33.1. The Hall–Kier alpha value is -4.56. The summed E-state index contributed by atoms with van der Waals surface area (Å²) in [6.07, 6.45) is 5.78. The Morgan fingerprint density at radius 3 is 1.77 bits per heavy atom. The lowest BCUT2D eigenvalue weighted by atomic mass is 9.49. The summed E-state index contributed by atoms with van der Waals surface area (Å²) in [4.78, 5) is 59.7. The van der Waals surface area contributed by atoms with Crippen LogP contribution in [0.4, 0.5) is 0 Å². The lowest BCUT2D eigenvalue weighted by molar-refractivity contribution is -0.188. The normalized spacial score (nSPS) is 33.0. The van der Waals surface area contributed by atoms with Gasteiger partial charge in [-0.1, -0.05) is 59.6 Å². The van der Waals surface area contributed by atoms with Crippen molar-refractivity contribution in [3.63, 3.8) is 0 Å². The molecule has 69 heavy (non-hydrogen) atoms. The monoisotopic (exact) mass is 974 g/mol. The molecule has 0 aromatic heterocycles. The lowest BCUT2D eigenvalue weighted by Gasteiger charge is -2.62. The highest BCUT2D eigenvalue weighted by molar-refractivity contribution is 6.40. The van der Waals surface area contributed by atoms with Gasteiger partial charge in [0, 0.05) is 59.9 Å². The maximum atomic E-state index is 13.8. The van der Waals surface area contributed by atoms with E-state index in [0.29, 0.717) is 87.4 Å². The van der Waals surface area contributed by atoms with Gasteiger partial charge in [-0.15, -0.1) is 0 Å². The summed E-state index contributed by atoms with van der Waals surface area (Å²) in [5, 5.41) is 27.2. The van der Waals surface area contributed by atoms with Crippen LogP contribution in [-0.4, -0.2) is 105 Å². The van der Waals surface area contributed by atoms with Gasteiger partial charge in [0.2, 0.25) is 0 Å². The number of nitrogens with zero attached hydrogens (tertiary/aromatic N) is 2. The molecule has 8 atom stereocenters. The summed E-state index contributed by atoms with van der Waals surface area (Å²) in [7, 11) is 0. The molecule has 0 radical (unpaired) electrons. The molecule has 2 N–H and O–H groups in total. The van der Waals surface area contributed by atoms with E-state index >= 15 is 0 Å². The fourth-order valence-corrected chi connectivity index (χ4v) is 15.2. The average molecular weight is 976 g/mol. The predicted octanol–water partition coefficient (Wildman–Crippen LogP) is 7.48. The van der Waals surface area contributed by atoms with Crippen molar-refractivity contribution >= 4 is 57.5 Å². The fourth-order valence-electron chi connectivity index (χ4n) is 14.6. The number of carbonyl (C=O) groups excluding carboxylic acids is 4. The molecule has 12 nitrogen and oxygen atoms in total. The third kappa shape index (κ3) is 6.27. The van der Waals surface area contributed by atoms with E-state index in [2.05, 4.69) is 16.7 Å². The molecule has 5 aliphatic carbocycles. The van der Waals surface area contributed by atoms with Crippen molar-refractivity contribution in [2.45, 2.75) is 144 Å². The third-order valence-electron chi connectivity index (χ3n) is 18.4. The first-order valence-corrected chi connectivity index (χ1v) is 25.8. The van der Waals surface area contributed by atoms with Crippen LogP contribution in [0.5, 0.6) is 23.0 Å². The van der Waals surface area contributed by atoms with Gasteiger partial charge in [-0.2, -0.15) is 0 Å². The number of benzene rings is 4. The van der Waals surface area contributed by atoms with E-state index in [1.807, 2.05) is 19.1 Å². The van der Waals surface area contributed by atoms with Crippen molar-refractivity contribution in [1.82, 2.24) is 9.80 Å². The van der Waals surface area contributed by atoms with Gasteiger partial charge in [0.05, 0.1) is 44.9 Å². The summed E-state index contributed by atoms with van der Waals surface area (Å²) in [5.74, 6) is 1.23. The van der Waals surface area contributed by atoms with Gasteiger partial charge in [0.1, 0.15) is 0 Å². The zero-order valence-corrected chi connectivity index (χ0v) is 40.4. The van der Waals surface area contributed by atoms with Gasteiger partial charge in [-0.3, -0.25) is 29.0 Å². The predicted molar refractivity (Wildman–Crippen MR) is 256 cm³/mol. The minimum Gasteiger partial charge on any atom is -0.477 e. The van der Waals surface area contributed by atoms with E-state index < -0.39 is 46.2 Å². The average Bonchev–Trinajstić information content (AvgIpc) is 4.26. The summed E-state index contributed by atoms with van der Waals surface area (Å²) in [6, 6.07) is 13.9. The number of aliphatic hydroxyl groups is 2. The molecule has 4 aromatic rings. The number of likely N-dealkylation sites (tertiary alicyclic amines) is 2. The fraction of sp³-hybridized carbons (Fsp3) is 0.527. The highest BCUT2D eigenvalue weighted by Gasteiger charge is 2.74. The molecule has 2 bridgehead atoms. The molecule has 14 heteroatoms. The van der Waals surface area contributed by atoms with Crippen LogP contribution >= 0.6 is 23.2 Å². The molecule has 0 unspecified atom stereocenters. The van der Waals surface area contributed by atoms with Crippen LogP contribution in [0.2, 0.25) is 10.0 Å². The van der Waals surface area contributed by atoms with Crippen LogP contribution in [0.25, 0.3) is 10.8 Å². The molecule has 4 heterocycles. The van der Waals surface area contributed by atoms with Crippen LogP contribution in [0, 0.1) is 18.8 Å². The molecule has 4 aliphatic heterocycles. The number of hydrogen-bond donors (Lipinski definition) is 2. The third-order valence-corrected chi connectivity index (χ3v) is 19.3.